The van der Waals surface area contributed by atoms with Gasteiger partial charge in [-0.3, -0.25) is 0 Å². The Balaban J connectivity index is 2.61. The van der Waals surface area contributed by atoms with Gasteiger partial charge in [0.15, 0.2) is 5.15 Å². The fourth-order valence-corrected chi connectivity index (χ4v) is 2.43. The number of aromatic nitrogens is 2. The Kier molecular flexibility index (Phi) is 2.44. The number of hydrogen-bond donors (Lipinski definition) is 1. The Labute approximate surface area is 97.0 Å². The Morgan fingerprint density at radius 3 is 2.38 bits per heavy atom. The van der Waals surface area contributed by atoms with Crippen molar-refractivity contribution in [2.75, 3.05) is 6.54 Å². The number of nitrogens with two attached hydrogens (primary N) is 1. The van der Waals surface area contributed by atoms with Crippen molar-refractivity contribution in [1.29, 1.82) is 0 Å². The maximum absolute atomic E-state index is 13.4. The predicted octanol–water partition coefficient (Wildman–Crippen LogP) is 1.98. The van der Waals surface area contributed by atoms with E-state index in [1.165, 1.54) is 0 Å². The van der Waals surface area contributed by atoms with E-state index in [1.807, 2.05) is 0 Å². The van der Waals surface area contributed by atoms with Gasteiger partial charge in [-0.05, 0) is 19.4 Å². The first-order valence-electron chi connectivity index (χ1n) is 4.93. The molecular weight excluding hydrogens is 236 g/mol. The number of aryl methyl sites for hydroxylation is 1. The van der Waals surface area contributed by atoms with Crippen molar-refractivity contribution >= 4 is 11.6 Å². The Morgan fingerprint density at radius 2 is 1.94 bits per heavy atom. The molecular formula is C10H12ClF2N3. The molecule has 1 aliphatic carbocycles. The lowest BCUT2D eigenvalue weighted by Crippen LogP contribution is -2.29. The SMILES string of the molecule is Cc1nnc(Cl)c(C2(CN)CC2(F)F)c1C. The van der Waals surface area contributed by atoms with Gasteiger partial charge in [-0.15, -0.1) is 5.10 Å². The third-order valence-corrected chi connectivity index (χ3v) is 3.60. The van der Waals surface area contributed by atoms with Crippen molar-refractivity contribution in [2.24, 2.45) is 5.73 Å². The summed E-state index contributed by atoms with van der Waals surface area (Å²) < 4.78 is 26.9. The highest BCUT2D eigenvalue weighted by Gasteiger charge is 2.72. The van der Waals surface area contributed by atoms with Gasteiger partial charge < -0.3 is 5.73 Å². The lowest BCUT2D eigenvalue weighted by atomic mass is 9.92. The summed E-state index contributed by atoms with van der Waals surface area (Å²) in [5.41, 5.74) is 5.76. The van der Waals surface area contributed by atoms with E-state index < -0.39 is 11.3 Å². The lowest BCUT2D eigenvalue weighted by molar-refractivity contribution is 0.0893. The van der Waals surface area contributed by atoms with Crippen molar-refractivity contribution in [3.63, 3.8) is 0 Å². The monoisotopic (exact) mass is 247 g/mol. The largest absolute Gasteiger partial charge is 0.329 e. The molecule has 2 rings (SSSR count). The Bertz CT molecular complexity index is 450. The van der Waals surface area contributed by atoms with Crippen LogP contribution < -0.4 is 5.73 Å². The molecule has 0 radical (unpaired) electrons. The van der Waals surface area contributed by atoms with Crippen LogP contribution in [0.4, 0.5) is 8.78 Å². The third kappa shape index (κ3) is 1.34. The fourth-order valence-electron chi connectivity index (χ4n) is 2.07. The van der Waals surface area contributed by atoms with E-state index in [-0.39, 0.29) is 18.1 Å². The normalized spacial score (nSPS) is 26.9. The summed E-state index contributed by atoms with van der Waals surface area (Å²) in [6.07, 6.45) is -0.262. The first-order valence-corrected chi connectivity index (χ1v) is 5.31. The minimum absolute atomic E-state index is 0.0331. The summed E-state index contributed by atoms with van der Waals surface area (Å²) in [6, 6.07) is 0. The standard InChI is InChI=1S/C10H12ClF2N3/c1-5-6(2)15-16-8(11)7(5)9(4-14)3-10(9,12)13/h3-4,14H2,1-2H3. The number of alkyl halides is 2. The van der Waals surface area contributed by atoms with Crippen LogP contribution in [0.1, 0.15) is 23.2 Å². The van der Waals surface area contributed by atoms with Crippen LogP contribution in [-0.2, 0) is 5.41 Å². The first kappa shape index (κ1) is 11.7. The van der Waals surface area contributed by atoms with Crippen molar-refractivity contribution < 1.29 is 8.78 Å². The summed E-state index contributed by atoms with van der Waals surface area (Å²) in [6.45, 7) is 3.30. The molecule has 3 nitrogen and oxygen atoms in total. The zero-order valence-corrected chi connectivity index (χ0v) is 9.78. The van der Waals surface area contributed by atoms with Crippen molar-refractivity contribution in [2.45, 2.75) is 31.6 Å². The van der Waals surface area contributed by atoms with Crippen LogP contribution in [-0.4, -0.2) is 22.7 Å². The summed E-state index contributed by atoms with van der Waals surface area (Å²) in [5.74, 6) is -2.79. The number of nitrogens with zero attached hydrogens (tertiary/aromatic N) is 2. The Morgan fingerprint density at radius 1 is 1.38 bits per heavy atom. The third-order valence-electron chi connectivity index (χ3n) is 3.34. The highest BCUT2D eigenvalue weighted by atomic mass is 35.5. The number of halogens is 3. The first-order chi connectivity index (χ1) is 7.35. The molecule has 0 amide bonds. The smallest absolute Gasteiger partial charge is 0.260 e. The second-order valence-electron chi connectivity index (χ2n) is 4.24. The topological polar surface area (TPSA) is 51.8 Å². The molecule has 1 atom stereocenters. The van der Waals surface area contributed by atoms with Crippen LogP contribution >= 0.6 is 11.6 Å². The van der Waals surface area contributed by atoms with Crippen molar-refractivity contribution in [3.8, 4) is 0 Å². The predicted molar refractivity (Wildman–Crippen MR) is 56.8 cm³/mol. The fraction of sp³-hybridized carbons (Fsp3) is 0.600. The van der Waals surface area contributed by atoms with Crippen LogP contribution in [0, 0.1) is 13.8 Å². The molecule has 6 heteroatoms. The van der Waals surface area contributed by atoms with Gasteiger partial charge in [0.2, 0.25) is 0 Å². The van der Waals surface area contributed by atoms with E-state index >= 15 is 0 Å². The molecule has 0 aromatic carbocycles. The summed E-state index contributed by atoms with van der Waals surface area (Å²) >= 11 is 5.87. The quantitative estimate of drug-likeness (QED) is 0.870. The number of hydrogen-bond acceptors (Lipinski definition) is 3. The molecule has 1 heterocycles. The second-order valence-corrected chi connectivity index (χ2v) is 4.60. The van der Waals surface area contributed by atoms with Crippen LogP contribution in [0.15, 0.2) is 0 Å². The average Bonchev–Trinajstić information content (AvgIpc) is 2.77. The average molecular weight is 248 g/mol. The van der Waals surface area contributed by atoms with Gasteiger partial charge in [0, 0.05) is 18.5 Å². The van der Waals surface area contributed by atoms with Gasteiger partial charge in [-0.25, -0.2) is 8.78 Å². The maximum Gasteiger partial charge on any atom is 0.260 e. The van der Waals surface area contributed by atoms with Gasteiger partial charge in [-0.2, -0.15) is 5.10 Å². The van der Waals surface area contributed by atoms with E-state index in [4.69, 9.17) is 17.3 Å². The van der Waals surface area contributed by atoms with E-state index in [9.17, 15) is 8.78 Å². The molecule has 1 aromatic rings. The molecule has 1 aromatic heterocycles. The Hall–Kier alpha value is -0.810. The van der Waals surface area contributed by atoms with Crippen LogP contribution in [0.5, 0.6) is 0 Å². The van der Waals surface area contributed by atoms with Crippen molar-refractivity contribution in [3.05, 3.63) is 22.0 Å². The second kappa shape index (κ2) is 3.34. The zero-order valence-electron chi connectivity index (χ0n) is 9.02. The molecule has 0 aliphatic heterocycles. The summed E-state index contributed by atoms with van der Waals surface area (Å²) in [4.78, 5) is 0. The van der Waals surface area contributed by atoms with Gasteiger partial charge in [0.25, 0.3) is 5.92 Å². The van der Waals surface area contributed by atoms with E-state index in [1.54, 1.807) is 13.8 Å². The van der Waals surface area contributed by atoms with Gasteiger partial charge >= 0.3 is 0 Å². The molecule has 2 N–H and O–H groups in total. The summed E-state index contributed by atoms with van der Waals surface area (Å²) in [7, 11) is 0. The molecule has 88 valence electrons. The highest BCUT2D eigenvalue weighted by Crippen LogP contribution is 2.62. The van der Waals surface area contributed by atoms with E-state index in [2.05, 4.69) is 10.2 Å². The maximum atomic E-state index is 13.4. The zero-order chi connectivity index (χ0) is 12.1. The summed E-state index contributed by atoms with van der Waals surface area (Å²) in [5, 5.41) is 7.51. The minimum atomic E-state index is -2.79. The molecule has 1 fully saturated rings. The molecule has 0 bridgehead atoms. The van der Waals surface area contributed by atoms with Crippen LogP contribution in [0.3, 0.4) is 0 Å². The molecule has 0 spiro atoms. The minimum Gasteiger partial charge on any atom is -0.329 e. The molecule has 0 saturated heterocycles. The highest BCUT2D eigenvalue weighted by molar-refractivity contribution is 6.30. The van der Waals surface area contributed by atoms with Crippen LogP contribution in [0.2, 0.25) is 5.15 Å². The molecule has 1 saturated carbocycles. The number of rotatable bonds is 2. The van der Waals surface area contributed by atoms with Crippen molar-refractivity contribution in [1.82, 2.24) is 10.2 Å². The van der Waals surface area contributed by atoms with Gasteiger partial charge in [0.05, 0.1) is 11.1 Å². The van der Waals surface area contributed by atoms with E-state index in [0.717, 1.165) is 0 Å². The van der Waals surface area contributed by atoms with Gasteiger partial charge in [0.1, 0.15) is 0 Å². The van der Waals surface area contributed by atoms with Crippen LogP contribution in [0.25, 0.3) is 0 Å². The molecule has 16 heavy (non-hydrogen) atoms. The molecule has 1 unspecified atom stereocenters. The molecule has 1 aliphatic rings. The lowest BCUT2D eigenvalue weighted by Gasteiger charge is -2.18. The van der Waals surface area contributed by atoms with E-state index in [0.29, 0.717) is 16.8 Å². The van der Waals surface area contributed by atoms with Gasteiger partial charge in [-0.1, -0.05) is 11.6 Å².